The summed E-state index contributed by atoms with van der Waals surface area (Å²) in [4.78, 5) is 8.78. The standard InChI is InChI=1S/C23H28N4O3.HI/c1-16-9-11-18(12-10-16)22-27-19(15-29-22)14-26-23(24-3)25-13-17(2)30-21-8-6-5-7-20(21)28-4;/h5-12,15,17H,13-14H2,1-4H3,(H2,24,25,26);1H. The monoisotopic (exact) mass is 536 g/mol. The number of rotatable bonds is 8. The van der Waals surface area contributed by atoms with Crippen molar-refractivity contribution in [1.29, 1.82) is 0 Å². The number of nitrogens with zero attached hydrogens (tertiary/aromatic N) is 2. The van der Waals surface area contributed by atoms with Gasteiger partial charge in [-0.1, -0.05) is 29.8 Å². The topological polar surface area (TPSA) is 80.9 Å². The van der Waals surface area contributed by atoms with E-state index < -0.39 is 0 Å². The third-order valence-corrected chi connectivity index (χ3v) is 4.47. The van der Waals surface area contributed by atoms with Gasteiger partial charge in [-0.2, -0.15) is 0 Å². The molecule has 2 aromatic carbocycles. The van der Waals surface area contributed by atoms with Crippen molar-refractivity contribution in [2.75, 3.05) is 20.7 Å². The van der Waals surface area contributed by atoms with Crippen molar-refractivity contribution < 1.29 is 13.9 Å². The van der Waals surface area contributed by atoms with Gasteiger partial charge in [0.25, 0.3) is 0 Å². The highest BCUT2D eigenvalue weighted by Gasteiger charge is 2.10. The van der Waals surface area contributed by atoms with Gasteiger partial charge in [-0.3, -0.25) is 4.99 Å². The minimum absolute atomic E-state index is 0. The van der Waals surface area contributed by atoms with Gasteiger partial charge in [-0.05, 0) is 38.1 Å². The molecule has 1 atom stereocenters. The minimum atomic E-state index is -0.0833. The van der Waals surface area contributed by atoms with Gasteiger partial charge in [0.05, 0.1) is 25.9 Å². The van der Waals surface area contributed by atoms with E-state index in [2.05, 4.69) is 27.5 Å². The number of aliphatic imine (C=N–C) groups is 1. The average molecular weight is 536 g/mol. The van der Waals surface area contributed by atoms with E-state index in [1.807, 2.05) is 55.5 Å². The molecule has 1 unspecified atom stereocenters. The predicted molar refractivity (Wildman–Crippen MR) is 133 cm³/mol. The summed E-state index contributed by atoms with van der Waals surface area (Å²) < 4.78 is 16.9. The Bertz CT molecular complexity index is 973. The van der Waals surface area contributed by atoms with Crippen LogP contribution in [0.2, 0.25) is 0 Å². The van der Waals surface area contributed by atoms with Crippen LogP contribution in [-0.2, 0) is 6.54 Å². The van der Waals surface area contributed by atoms with Gasteiger partial charge in [0.15, 0.2) is 17.5 Å². The van der Waals surface area contributed by atoms with Crippen molar-refractivity contribution in [2.45, 2.75) is 26.5 Å². The van der Waals surface area contributed by atoms with Crippen LogP contribution in [0.5, 0.6) is 11.5 Å². The van der Waals surface area contributed by atoms with Crippen LogP contribution < -0.4 is 20.1 Å². The maximum atomic E-state index is 5.96. The fraction of sp³-hybridized carbons (Fsp3) is 0.304. The summed E-state index contributed by atoms with van der Waals surface area (Å²) in [6.07, 6.45) is 1.57. The van der Waals surface area contributed by atoms with Gasteiger partial charge >= 0.3 is 0 Å². The van der Waals surface area contributed by atoms with Gasteiger partial charge in [-0.25, -0.2) is 4.98 Å². The van der Waals surface area contributed by atoms with Crippen LogP contribution in [0.15, 0.2) is 64.2 Å². The molecule has 7 nitrogen and oxygen atoms in total. The van der Waals surface area contributed by atoms with E-state index in [4.69, 9.17) is 13.9 Å². The van der Waals surface area contributed by atoms with Crippen LogP contribution in [0, 0.1) is 6.92 Å². The molecule has 0 amide bonds. The Morgan fingerprint density at radius 1 is 1.10 bits per heavy atom. The molecule has 1 aromatic heterocycles. The number of hydrogen-bond acceptors (Lipinski definition) is 5. The van der Waals surface area contributed by atoms with Crippen LogP contribution >= 0.6 is 24.0 Å². The highest BCUT2D eigenvalue weighted by molar-refractivity contribution is 14.0. The first-order valence-electron chi connectivity index (χ1n) is 9.84. The number of ether oxygens (including phenoxy) is 2. The third kappa shape index (κ3) is 7.16. The van der Waals surface area contributed by atoms with E-state index in [9.17, 15) is 0 Å². The molecule has 2 N–H and O–H groups in total. The van der Waals surface area contributed by atoms with E-state index in [0.29, 0.717) is 36.4 Å². The van der Waals surface area contributed by atoms with Crippen LogP contribution in [0.3, 0.4) is 0 Å². The Morgan fingerprint density at radius 3 is 2.48 bits per heavy atom. The predicted octanol–water partition coefficient (Wildman–Crippen LogP) is 4.41. The SMILES string of the molecule is CN=C(NCc1coc(-c2ccc(C)cc2)n1)NCC(C)Oc1ccccc1OC.I. The van der Waals surface area contributed by atoms with Crippen LogP contribution in [0.25, 0.3) is 11.5 Å². The second-order valence-corrected chi connectivity index (χ2v) is 6.90. The lowest BCUT2D eigenvalue weighted by atomic mass is 10.1. The summed E-state index contributed by atoms with van der Waals surface area (Å²) in [5.41, 5.74) is 2.95. The lowest BCUT2D eigenvalue weighted by molar-refractivity contribution is 0.213. The average Bonchev–Trinajstić information content (AvgIpc) is 3.24. The summed E-state index contributed by atoms with van der Waals surface area (Å²) in [5.74, 6) is 2.68. The number of nitrogens with one attached hydrogen (secondary N) is 2. The Kier molecular flexibility index (Phi) is 9.64. The normalized spacial score (nSPS) is 11.9. The van der Waals surface area contributed by atoms with E-state index in [0.717, 1.165) is 11.3 Å². The molecule has 0 saturated carbocycles. The highest BCUT2D eigenvalue weighted by atomic mass is 127. The number of para-hydroxylation sites is 2. The van der Waals surface area contributed by atoms with Crippen molar-refractivity contribution in [2.24, 2.45) is 4.99 Å². The Balaban J connectivity index is 0.00000341. The fourth-order valence-corrected chi connectivity index (χ4v) is 2.83. The van der Waals surface area contributed by atoms with Crippen molar-refractivity contribution in [3.8, 4) is 23.0 Å². The van der Waals surface area contributed by atoms with Crippen LogP contribution in [0.4, 0.5) is 0 Å². The van der Waals surface area contributed by atoms with Gasteiger partial charge in [0.1, 0.15) is 12.4 Å². The molecule has 0 bridgehead atoms. The fourth-order valence-electron chi connectivity index (χ4n) is 2.83. The van der Waals surface area contributed by atoms with Crippen molar-refractivity contribution >= 4 is 29.9 Å². The molecule has 3 rings (SSSR count). The molecule has 0 radical (unpaired) electrons. The second-order valence-electron chi connectivity index (χ2n) is 6.90. The molecule has 31 heavy (non-hydrogen) atoms. The number of benzene rings is 2. The largest absolute Gasteiger partial charge is 0.493 e. The number of oxazole rings is 1. The summed E-state index contributed by atoms with van der Waals surface area (Å²) in [7, 11) is 3.35. The van der Waals surface area contributed by atoms with E-state index >= 15 is 0 Å². The maximum Gasteiger partial charge on any atom is 0.226 e. The Hall–Kier alpha value is -2.75. The second kappa shape index (κ2) is 12.2. The molecule has 0 fully saturated rings. The third-order valence-electron chi connectivity index (χ3n) is 4.47. The van der Waals surface area contributed by atoms with E-state index in [-0.39, 0.29) is 30.1 Å². The number of aryl methyl sites for hydroxylation is 1. The molecule has 0 aliphatic carbocycles. The lowest BCUT2D eigenvalue weighted by Crippen LogP contribution is -2.41. The van der Waals surface area contributed by atoms with Gasteiger partial charge in [-0.15, -0.1) is 24.0 Å². The van der Waals surface area contributed by atoms with E-state index in [1.165, 1.54) is 5.56 Å². The Labute approximate surface area is 200 Å². The molecular weight excluding hydrogens is 507 g/mol. The molecule has 1 heterocycles. The zero-order valence-corrected chi connectivity index (χ0v) is 20.5. The first-order valence-corrected chi connectivity index (χ1v) is 9.84. The van der Waals surface area contributed by atoms with Gasteiger partial charge < -0.3 is 24.5 Å². The summed E-state index contributed by atoms with van der Waals surface area (Å²) in [5, 5.41) is 6.49. The quantitative estimate of drug-likeness (QED) is 0.252. The van der Waals surface area contributed by atoms with Gasteiger partial charge in [0.2, 0.25) is 5.89 Å². The van der Waals surface area contributed by atoms with Crippen molar-refractivity contribution in [3.05, 3.63) is 66.1 Å². The summed E-state index contributed by atoms with van der Waals surface area (Å²) in [6, 6.07) is 15.7. The first-order chi connectivity index (χ1) is 14.6. The van der Waals surface area contributed by atoms with Crippen molar-refractivity contribution in [3.63, 3.8) is 0 Å². The van der Waals surface area contributed by atoms with Crippen LogP contribution in [-0.4, -0.2) is 37.7 Å². The van der Waals surface area contributed by atoms with Crippen LogP contribution in [0.1, 0.15) is 18.2 Å². The zero-order chi connectivity index (χ0) is 21.3. The number of methoxy groups -OCH3 is 1. The van der Waals surface area contributed by atoms with E-state index in [1.54, 1.807) is 20.4 Å². The number of aromatic nitrogens is 1. The molecule has 0 aliphatic rings. The highest BCUT2D eigenvalue weighted by Crippen LogP contribution is 2.26. The number of hydrogen-bond donors (Lipinski definition) is 2. The molecule has 8 heteroatoms. The van der Waals surface area contributed by atoms with Crippen molar-refractivity contribution in [1.82, 2.24) is 15.6 Å². The number of halogens is 1. The Morgan fingerprint density at radius 2 is 1.81 bits per heavy atom. The van der Waals surface area contributed by atoms with Gasteiger partial charge in [0, 0.05) is 12.6 Å². The molecule has 0 saturated heterocycles. The minimum Gasteiger partial charge on any atom is -0.493 e. The summed E-state index contributed by atoms with van der Waals surface area (Å²) in [6.45, 7) is 5.11. The molecule has 166 valence electrons. The zero-order valence-electron chi connectivity index (χ0n) is 18.2. The molecule has 0 aliphatic heterocycles. The summed E-state index contributed by atoms with van der Waals surface area (Å²) >= 11 is 0. The smallest absolute Gasteiger partial charge is 0.226 e. The molecular formula is C23H29IN4O3. The molecule has 0 spiro atoms. The lowest BCUT2D eigenvalue weighted by Gasteiger charge is -2.18. The number of guanidine groups is 1. The maximum absolute atomic E-state index is 5.96. The molecule has 3 aromatic rings. The first kappa shape index (κ1) is 24.5.